The van der Waals surface area contributed by atoms with Gasteiger partial charge in [-0.25, -0.2) is 0 Å². The minimum Gasteiger partial charge on any atom is -0.381 e. The van der Waals surface area contributed by atoms with Gasteiger partial charge in [0.1, 0.15) is 0 Å². The van der Waals surface area contributed by atoms with Gasteiger partial charge in [-0.3, -0.25) is 0 Å². The topological polar surface area (TPSA) is 47.3 Å². The molecule has 0 heterocycles. The molecule has 106 valence electrons. The number of nitrogens with two attached hydrogens (primary N) is 1. The molecule has 3 N–H and O–H groups in total. The molecule has 1 fully saturated rings. The van der Waals surface area contributed by atoms with E-state index < -0.39 is 0 Å². The van der Waals surface area contributed by atoms with Crippen LogP contribution in [-0.4, -0.2) is 25.3 Å². The Labute approximate surface area is 124 Å². The summed E-state index contributed by atoms with van der Waals surface area (Å²) >= 11 is 3.61. The average molecular weight is 327 g/mol. The zero-order chi connectivity index (χ0) is 13.9. The van der Waals surface area contributed by atoms with Crippen molar-refractivity contribution >= 4 is 21.6 Å². The molecular formula is C15H23BrN2O. The van der Waals surface area contributed by atoms with E-state index in [0.29, 0.717) is 12.6 Å². The van der Waals surface area contributed by atoms with Crippen LogP contribution in [-0.2, 0) is 4.74 Å². The number of anilines is 1. The van der Waals surface area contributed by atoms with Crippen LogP contribution in [0.5, 0.6) is 0 Å². The fraction of sp³-hybridized carbons (Fsp3) is 0.600. The molecule has 0 bridgehead atoms. The molecule has 1 aromatic rings. The first-order chi connectivity index (χ1) is 9.08. The lowest BCUT2D eigenvalue weighted by Crippen LogP contribution is -2.50. The van der Waals surface area contributed by atoms with Crippen LogP contribution in [0.4, 0.5) is 5.69 Å². The average Bonchev–Trinajstić information content (AvgIpc) is 2.43. The highest BCUT2D eigenvalue weighted by Gasteiger charge is 2.35. The van der Waals surface area contributed by atoms with E-state index in [1.807, 2.05) is 0 Å². The van der Waals surface area contributed by atoms with Crippen LogP contribution in [0.1, 0.15) is 31.2 Å². The summed E-state index contributed by atoms with van der Waals surface area (Å²) < 4.78 is 6.62. The molecule has 1 aliphatic rings. The van der Waals surface area contributed by atoms with E-state index in [2.05, 4.69) is 46.4 Å². The normalized spacial score (nSPS) is 27.3. The molecule has 0 spiro atoms. The second-order valence-electron chi connectivity index (χ2n) is 5.55. The Kier molecular flexibility index (Phi) is 4.87. The van der Waals surface area contributed by atoms with Gasteiger partial charge in [0.2, 0.25) is 0 Å². The number of methoxy groups -OCH3 is 1. The molecule has 4 heteroatoms. The van der Waals surface area contributed by atoms with Crippen molar-refractivity contribution in [3.05, 3.63) is 28.2 Å². The fourth-order valence-corrected chi connectivity index (χ4v) is 3.23. The van der Waals surface area contributed by atoms with Crippen LogP contribution >= 0.6 is 15.9 Å². The molecular weight excluding hydrogens is 304 g/mol. The maximum absolute atomic E-state index is 6.06. The lowest BCUT2D eigenvalue weighted by molar-refractivity contribution is 0.0483. The standard InChI is InChI=1S/C15H23BrN2O/c1-11-5-6-13(16)14(8-11)18-15(10-17)7-3-4-12(9-15)19-2/h5-6,8,12,18H,3-4,7,9-10,17H2,1-2H3. The third kappa shape index (κ3) is 3.50. The molecule has 1 saturated carbocycles. The minimum absolute atomic E-state index is 0.0464. The molecule has 2 unspecified atom stereocenters. The second kappa shape index (κ2) is 6.25. The van der Waals surface area contributed by atoms with Gasteiger partial charge in [0.25, 0.3) is 0 Å². The maximum atomic E-state index is 6.06. The predicted octanol–water partition coefficient (Wildman–Crippen LogP) is 3.46. The van der Waals surface area contributed by atoms with Gasteiger partial charge in [-0.1, -0.05) is 6.07 Å². The summed E-state index contributed by atoms with van der Waals surface area (Å²) in [6, 6.07) is 6.35. The summed E-state index contributed by atoms with van der Waals surface area (Å²) in [6.07, 6.45) is 4.68. The highest BCUT2D eigenvalue weighted by molar-refractivity contribution is 9.10. The molecule has 3 nitrogen and oxygen atoms in total. The van der Waals surface area contributed by atoms with E-state index in [1.54, 1.807) is 7.11 Å². The molecule has 0 amide bonds. The minimum atomic E-state index is -0.0464. The predicted molar refractivity (Wildman–Crippen MR) is 83.6 cm³/mol. The fourth-order valence-electron chi connectivity index (χ4n) is 2.88. The summed E-state index contributed by atoms with van der Waals surface area (Å²) in [5.41, 5.74) is 8.39. The molecule has 1 aromatic carbocycles. The van der Waals surface area contributed by atoms with Crippen molar-refractivity contribution in [2.45, 2.75) is 44.2 Å². The third-order valence-electron chi connectivity index (χ3n) is 4.05. The molecule has 2 atom stereocenters. The summed E-state index contributed by atoms with van der Waals surface area (Å²) in [6.45, 7) is 2.73. The van der Waals surface area contributed by atoms with Crippen LogP contribution in [0, 0.1) is 6.92 Å². The van der Waals surface area contributed by atoms with Crippen LogP contribution in [0.3, 0.4) is 0 Å². The highest BCUT2D eigenvalue weighted by Crippen LogP contribution is 2.35. The van der Waals surface area contributed by atoms with Gasteiger partial charge in [0.05, 0.1) is 11.6 Å². The van der Waals surface area contributed by atoms with E-state index in [0.717, 1.165) is 35.8 Å². The number of hydrogen-bond acceptors (Lipinski definition) is 3. The van der Waals surface area contributed by atoms with E-state index in [4.69, 9.17) is 10.5 Å². The molecule has 0 aliphatic heterocycles. The number of hydrogen-bond donors (Lipinski definition) is 2. The summed E-state index contributed by atoms with van der Waals surface area (Å²) in [4.78, 5) is 0. The van der Waals surface area contributed by atoms with Gasteiger partial charge in [-0.15, -0.1) is 0 Å². The van der Waals surface area contributed by atoms with Crippen molar-refractivity contribution in [1.29, 1.82) is 0 Å². The largest absolute Gasteiger partial charge is 0.381 e. The molecule has 0 saturated heterocycles. The van der Waals surface area contributed by atoms with Gasteiger partial charge < -0.3 is 15.8 Å². The lowest BCUT2D eigenvalue weighted by Gasteiger charge is -2.41. The highest BCUT2D eigenvalue weighted by atomic mass is 79.9. The van der Waals surface area contributed by atoms with Crippen LogP contribution < -0.4 is 11.1 Å². The Balaban J connectivity index is 2.20. The Bertz CT molecular complexity index is 438. The van der Waals surface area contributed by atoms with Gasteiger partial charge >= 0.3 is 0 Å². The monoisotopic (exact) mass is 326 g/mol. The first kappa shape index (κ1) is 14.8. The number of benzene rings is 1. The number of aryl methyl sites for hydroxylation is 1. The second-order valence-corrected chi connectivity index (χ2v) is 6.40. The van der Waals surface area contributed by atoms with Crippen molar-refractivity contribution in [2.24, 2.45) is 5.73 Å². The van der Waals surface area contributed by atoms with Gasteiger partial charge in [0, 0.05) is 23.8 Å². The number of rotatable bonds is 4. The van der Waals surface area contributed by atoms with E-state index in [-0.39, 0.29) is 5.54 Å². The van der Waals surface area contributed by atoms with E-state index >= 15 is 0 Å². The smallest absolute Gasteiger partial charge is 0.0594 e. The van der Waals surface area contributed by atoms with Crippen LogP contribution in [0.25, 0.3) is 0 Å². The molecule has 2 rings (SSSR count). The molecule has 1 aliphatic carbocycles. The Hall–Kier alpha value is -0.580. The maximum Gasteiger partial charge on any atom is 0.0594 e. The van der Waals surface area contributed by atoms with Crippen LogP contribution in [0.15, 0.2) is 22.7 Å². The summed E-state index contributed by atoms with van der Waals surface area (Å²) in [5, 5.41) is 3.67. The molecule has 0 radical (unpaired) electrons. The SMILES string of the molecule is COC1CCCC(CN)(Nc2cc(C)ccc2Br)C1. The Morgan fingerprint density at radius 2 is 2.32 bits per heavy atom. The van der Waals surface area contributed by atoms with Crippen molar-refractivity contribution < 1.29 is 4.74 Å². The van der Waals surface area contributed by atoms with Gasteiger partial charge in [0.15, 0.2) is 0 Å². The zero-order valence-electron chi connectivity index (χ0n) is 11.7. The Morgan fingerprint density at radius 1 is 1.53 bits per heavy atom. The van der Waals surface area contributed by atoms with Crippen molar-refractivity contribution in [3.63, 3.8) is 0 Å². The van der Waals surface area contributed by atoms with E-state index in [9.17, 15) is 0 Å². The first-order valence-electron chi connectivity index (χ1n) is 6.86. The van der Waals surface area contributed by atoms with Crippen molar-refractivity contribution in [3.8, 4) is 0 Å². The lowest BCUT2D eigenvalue weighted by atomic mass is 9.80. The zero-order valence-corrected chi connectivity index (χ0v) is 13.3. The summed E-state index contributed by atoms with van der Waals surface area (Å²) in [5.74, 6) is 0. The van der Waals surface area contributed by atoms with Gasteiger partial charge in [-0.05, 0) is 66.2 Å². The summed E-state index contributed by atoms with van der Waals surface area (Å²) in [7, 11) is 1.79. The van der Waals surface area contributed by atoms with Gasteiger partial charge in [-0.2, -0.15) is 0 Å². The third-order valence-corrected chi connectivity index (χ3v) is 4.74. The number of nitrogens with one attached hydrogen (secondary N) is 1. The Morgan fingerprint density at radius 3 is 3.00 bits per heavy atom. The van der Waals surface area contributed by atoms with E-state index in [1.165, 1.54) is 5.56 Å². The first-order valence-corrected chi connectivity index (χ1v) is 7.65. The van der Waals surface area contributed by atoms with Crippen molar-refractivity contribution in [1.82, 2.24) is 0 Å². The number of ether oxygens (including phenoxy) is 1. The molecule has 0 aromatic heterocycles. The van der Waals surface area contributed by atoms with Crippen molar-refractivity contribution in [2.75, 3.05) is 19.0 Å². The quantitative estimate of drug-likeness (QED) is 0.890. The van der Waals surface area contributed by atoms with Crippen LogP contribution in [0.2, 0.25) is 0 Å². The number of halogens is 1. The molecule has 19 heavy (non-hydrogen) atoms.